The molecule has 1 saturated carbocycles. The van der Waals surface area contributed by atoms with E-state index < -0.39 is 12.1 Å². The van der Waals surface area contributed by atoms with Crippen LogP contribution in [0.15, 0.2) is 18.2 Å². The van der Waals surface area contributed by atoms with Crippen LogP contribution in [-0.2, 0) is 19.6 Å². The standard InChI is InChI=1S/C22H32O6/c1-17-13-12-14-18(2)20(17)21(23)26-28-27-22(24)25-19-15-10-8-6-4-3-5-7-9-11-16-19/h12-14,19H,3-11,15-16H2,1-2H3. The van der Waals surface area contributed by atoms with Gasteiger partial charge in [0.15, 0.2) is 0 Å². The van der Waals surface area contributed by atoms with E-state index in [4.69, 9.17) is 4.74 Å². The third-order valence-corrected chi connectivity index (χ3v) is 5.21. The third-order valence-electron chi connectivity index (χ3n) is 5.21. The highest BCUT2D eigenvalue weighted by Gasteiger charge is 2.19. The zero-order valence-corrected chi connectivity index (χ0v) is 17.0. The average Bonchev–Trinajstić information content (AvgIpc) is 2.64. The summed E-state index contributed by atoms with van der Waals surface area (Å²) in [6.07, 6.45) is 11.2. The van der Waals surface area contributed by atoms with Crippen molar-refractivity contribution in [3.63, 3.8) is 0 Å². The zero-order chi connectivity index (χ0) is 20.2. The van der Waals surface area contributed by atoms with Gasteiger partial charge >= 0.3 is 12.1 Å². The van der Waals surface area contributed by atoms with Crippen molar-refractivity contribution in [3.05, 3.63) is 34.9 Å². The molecule has 1 fully saturated rings. The highest BCUT2D eigenvalue weighted by Crippen LogP contribution is 2.19. The molecule has 0 spiro atoms. The van der Waals surface area contributed by atoms with Crippen molar-refractivity contribution >= 4 is 12.1 Å². The summed E-state index contributed by atoms with van der Waals surface area (Å²) in [6.45, 7) is 3.59. The molecule has 0 heterocycles. The largest absolute Gasteiger partial charge is 0.543 e. The van der Waals surface area contributed by atoms with Gasteiger partial charge in [-0.05, 0) is 50.7 Å². The van der Waals surface area contributed by atoms with E-state index in [1.54, 1.807) is 26.0 Å². The molecule has 6 heteroatoms. The van der Waals surface area contributed by atoms with Gasteiger partial charge in [-0.1, -0.05) is 63.1 Å². The molecule has 156 valence electrons. The molecular weight excluding hydrogens is 360 g/mol. The van der Waals surface area contributed by atoms with Crippen LogP contribution in [-0.4, -0.2) is 18.2 Å². The van der Waals surface area contributed by atoms with Crippen LogP contribution in [0.2, 0.25) is 0 Å². The minimum absolute atomic E-state index is 0.190. The number of hydrogen-bond donors (Lipinski definition) is 0. The van der Waals surface area contributed by atoms with E-state index in [2.05, 4.69) is 14.8 Å². The van der Waals surface area contributed by atoms with Gasteiger partial charge in [-0.25, -0.2) is 14.5 Å². The summed E-state index contributed by atoms with van der Waals surface area (Å²) in [5.74, 6) is -0.714. The first-order valence-electron chi connectivity index (χ1n) is 10.4. The maximum Gasteiger partial charge on any atom is 0.543 e. The quantitative estimate of drug-likeness (QED) is 0.348. The Morgan fingerprint density at radius 1 is 0.786 bits per heavy atom. The van der Waals surface area contributed by atoms with E-state index >= 15 is 0 Å². The first kappa shape index (κ1) is 22.2. The van der Waals surface area contributed by atoms with E-state index in [0.717, 1.165) is 49.7 Å². The molecule has 0 amide bonds. The number of hydrogen-bond acceptors (Lipinski definition) is 6. The molecule has 1 aromatic carbocycles. The van der Waals surface area contributed by atoms with Crippen LogP contribution in [0.25, 0.3) is 0 Å². The monoisotopic (exact) mass is 392 g/mol. The van der Waals surface area contributed by atoms with Crippen LogP contribution >= 0.6 is 0 Å². The van der Waals surface area contributed by atoms with E-state index in [1.165, 1.54) is 32.1 Å². The van der Waals surface area contributed by atoms with Crippen molar-refractivity contribution in [1.82, 2.24) is 0 Å². The molecule has 0 unspecified atom stereocenters. The van der Waals surface area contributed by atoms with Crippen LogP contribution in [0.1, 0.15) is 92.1 Å². The van der Waals surface area contributed by atoms with Crippen LogP contribution in [0.3, 0.4) is 0 Å². The lowest BCUT2D eigenvalue weighted by Gasteiger charge is -2.17. The second-order valence-corrected chi connectivity index (χ2v) is 7.54. The highest BCUT2D eigenvalue weighted by atomic mass is 17.5. The van der Waals surface area contributed by atoms with E-state index in [9.17, 15) is 9.59 Å². The van der Waals surface area contributed by atoms with Crippen molar-refractivity contribution in [2.75, 3.05) is 0 Å². The number of carbonyl (C=O) groups excluding carboxylic acids is 2. The fraction of sp³-hybridized carbons (Fsp3) is 0.636. The molecule has 0 saturated heterocycles. The van der Waals surface area contributed by atoms with Crippen molar-refractivity contribution in [2.24, 2.45) is 0 Å². The van der Waals surface area contributed by atoms with E-state index in [1.807, 2.05) is 6.07 Å². The topological polar surface area (TPSA) is 71.1 Å². The molecule has 0 aromatic heterocycles. The molecule has 0 N–H and O–H groups in total. The van der Waals surface area contributed by atoms with Gasteiger partial charge in [0.05, 0.1) is 10.6 Å². The maximum atomic E-state index is 12.1. The van der Waals surface area contributed by atoms with Crippen LogP contribution in [0, 0.1) is 13.8 Å². The van der Waals surface area contributed by atoms with Gasteiger partial charge in [-0.3, -0.25) is 4.89 Å². The lowest BCUT2D eigenvalue weighted by Crippen LogP contribution is -2.20. The van der Waals surface area contributed by atoms with Gasteiger partial charge in [0.1, 0.15) is 6.10 Å². The summed E-state index contributed by atoms with van der Waals surface area (Å²) in [5.41, 5.74) is 1.90. The molecular formula is C22H32O6. The van der Waals surface area contributed by atoms with E-state index in [-0.39, 0.29) is 6.10 Å². The summed E-state index contributed by atoms with van der Waals surface area (Å²) >= 11 is 0. The molecule has 28 heavy (non-hydrogen) atoms. The number of rotatable bonds is 4. The van der Waals surface area contributed by atoms with Crippen molar-refractivity contribution in [1.29, 1.82) is 0 Å². The summed E-state index contributed by atoms with van der Waals surface area (Å²) in [5, 5.41) is 4.38. The molecule has 6 nitrogen and oxygen atoms in total. The molecule has 0 aliphatic heterocycles. The molecule has 1 aliphatic rings. The Bertz CT molecular complexity index is 595. The van der Waals surface area contributed by atoms with Crippen molar-refractivity contribution in [2.45, 2.75) is 90.6 Å². The Morgan fingerprint density at radius 3 is 1.82 bits per heavy atom. The Kier molecular flexibility index (Phi) is 9.83. The van der Waals surface area contributed by atoms with Gasteiger partial charge < -0.3 is 4.74 Å². The lowest BCUT2D eigenvalue weighted by molar-refractivity contribution is -0.453. The van der Waals surface area contributed by atoms with Crippen LogP contribution in [0.4, 0.5) is 4.79 Å². The zero-order valence-electron chi connectivity index (χ0n) is 17.0. The third kappa shape index (κ3) is 7.89. The SMILES string of the molecule is Cc1cccc(C)c1C(=O)OOOC(=O)OC1CCCCCCCCCCC1. The number of benzene rings is 1. The van der Waals surface area contributed by atoms with Gasteiger partial charge in [-0.2, -0.15) is 0 Å². The molecule has 1 aliphatic carbocycles. The second kappa shape index (κ2) is 12.4. The van der Waals surface area contributed by atoms with Gasteiger partial charge in [0.25, 0.3) is 0 Å². The lowest BCUT2D eigenvalue weighted by atomic mass is 9.99. The van der Waals surface area contributed by atoms with Gasteiger partial charge in [0.2, 0.25) is 0 Å². The summed E-state index contributed by atoms with van der Waals surface area (Å²) < 4.78 is 5.35. The van der Waals surface area contributed by atoms with Crippen molar-refractivity contribution < 1.29 is 29.1 Å². The second-order valence-electron chi connectivity index (χ2n) is 7.54. The normalized spacial score (nSPS) is 17.1. The summed E-state index contributed by atoms with van der Waals surface area (Å²) in [6, 6.07) is 5.43. The molecule has 0 atom stereocenters. The minimum Gasteiger partial charge on any atom is -0.429 e. The summed E-state index contributed by atoms with van der Waals surface area (Å²) in [7, 11) is 0. The predicted octanol–water partition coefficient (Wildman–Crippen LogP) is 6.13. The van der Waals surface area contributed by atoms with Crippen LogP contribution in [0.5, 0.6) is 0 Å². The van der Waals surface area contributed by atoms with Crippen molar-refractivity contribution in [3.8, 4) is 0 Å². The number of carbonyl (C=O) groups is 2. The molecule has 0 radical (unpaired) electrons. The van der Waals surface area contributed by atoms with E-state index in [0.29, 0.717) is 5.56 Å². The first-order chi connectivity index (χ1) is 13.6. The highest BCUT2D eigenvalue weighted by molar-refractivity contribution is 5.92. The Labute approximate surface area is 167 Å². The first-order valence-corrected chi connectivity index (χ1v) is 10.4. The smallest absolute Gasteiger partial charge is 0.429 e. The van der Waals surface area contributed by atoms with Gasteiger partial charge in [0, 0.05) is 0 Å². The maximum absolute atomic E-state index is 12.1. The Balaban J connectivity index is 1.74. The predicted molar refractivity (Wildman–Crippen MR) is 105 cm³/mol. The average molecular weight is 392 g/mol. The Hall–Kier alpha value is -2.08. The van der Waals surface area contributed by atoms with Gasteiger partial charge in [-0.15, -0.1) is 0 Å². The fourth-order valence-electron chi connectivity index (χ4n) is 3.65. The summed E-state index contributed by atoms with van der Waals surface area (Å²) in [4.78, 5) is 33.1. The fourth-order valence-corrected chi connectivity index (χ4v) is 3.65. The molecule has 0 bridgehead atoms. The molecule has 2 rings (SSSR count). The number of ether oxygens (including phenoxy) is 1. The minimum atomic E-state index is -0.980. The Morgan fingerprint density at radius 2 is 1.29 bits per heavy atom. The number of aryl methyl sites for hydroxylation is 2. The molecule has 1 aromatic rings. The van der Waals surface area contributed by atoms with Crippen LogP contribution < -0.4 is 0 Å².